The number of aliphatic carboxylic acids is 1. The van der Waals surface area contributed by atoms with E-state index >= 15 is 0 Å². The van der Waals surface area contributed by atoms with Gasteiger partial charge in [0.05, 0.1) is 5.71 Å². The number of carbonyl (C=O) groups excluding carboxylic acids is 2. The number of fused-ring (bicyclic) bond motifs is 5. The summed E-state index contributed by atoms with van der Waals surface area (Å²) in [6.07, 6.45) is 16.4. The lowest BCUT2D eigenvalue weighted by molar-refractivity contribution is -0.142. The lowest BCUT2D eigenvalue weighted by Crippen LogP contribution is -2.54. The van der Waals surface area contributed by atoms with Crippen LogP contribution in [0.3, 0.4) is 0 Å². The molecule has 3 saturated carbocycles. The van der Waals surface area contributed by atoms with Gasteiger partial charge in [-0.2, -0.15) is 0 Å². The van der Waals surface area contributed by atoms with Crippen LogP contribution >= 0.6 is 0 Å². The zero-order valence-corrected chi connectivity index (χ0v) is 24.3. The van der Waals surface area contributed by atoms with E-state index in [0.717, 1.165) is 50.7 Å². The molecule has 0 aliphatic heterocycles. The number of rotatable bonds is 9. The molecular weight excluding hydrogens is 510 g/mol. The molecule has 40 heavy (non-hydrogen) atoms. The third-order valence-corrected chi connectivity index (χ3v) is 10.7. The first kappa shape index (κ1) is 30.1. The summed E-state index contributed by atoms with van der Waals surface area (Å²) < 4.78 is 0. The SMILES string of the molecule is C#C[C@@]1(O)CC[C@H]2[C@@H]3CCC4=C/C(=N\OCC(=O)N[C@@H](C)C(=O)N[C@H](CCC)C(=O)O)CC[C@]4(C)[C@H]3CC[C@@]21C. The molecule has 9 nitrogen and oxygen atoms in total. The number of oxime groups is 1. The van der Waals surface area contributed by atoms with Gasteiger partial charge in [0.15, 0.2) is 6.61 Å². The van der Waals surface area contributed by atoms with Gasteiger partial charge in [-0.25, -0.2) is 4.79 Å². The van der Waals surface area contributed by atoms with E-state index in [-0.39, 0.29) is 17.4 Å². The predicted molar refractivity (Wildman–Crippen MR) is 151 cm³/mol. The van der Waals surface area contributed by atoms with E-state index < -0.39 is 35.5 Å². The van der Waals surface area contributed by atoms with Crippen molar-refractivity contribution in [2.45, 2.75) is 110 Å². The Morgan fingerprint density at radius 2 is 1.88 bits per heavy atom. The number of hydrogen-bond donors (Lipinski definition) is 4. The maximum absolute atomic E-state index is 12.3. The number of terminal acetylenes is 1. The first-order valence-electron chi connectivity index (χ1n) is 14.8. The summed E-state index contributed by atoms with van der Waals surface area (Å²) in [4.78, 5) is 41.2. The maximum atomic E-state index is 12.3. The molecule has 0 radical (unpaired) electrons. The molecule has 0 spiro atoms. The normalized spacial score (nSPS) is 37.0. The van der Waals surface area contributed by atoms with Crippen LogP contribution in [0.1, 0.15) is 91.9 Å². The largest absolute Gasteiger partial charge is 0.480 e. The van der Waals surface area contributed by atoms with Crippen LogP contribution in [0.2, 0.25) is 0 Å². The summed E-state index contributed by atoms with van der Waals surface area (Å²) in [5.74, 6) is 2.16. The van der Waals surface area contributed by atoms with Crippen molar-refractivity contribution in [2.24, 2.45) is 33.7 Å². The summed E-state index contributed by atoms with van der Waals surface area (Å²) in [6, 6.07) is -1.88. The monoisotopic (exact) mass is 555 g/mol. The van der Waals surface area contributed by atoms with Gasteiger partial charge in [0.1, 0.15) is 17.7 Å². The number of aliphatic hydroxyl groups is 1. The quantitative estimate of drug-likeness (QED) is 0.254. The Kier molecular flexibility index (Phi) is 8.70. The highest BCUT2D eigenvalue weighted by atomic mass is 16.6. The molecule has 0 heterocycles. The fraction of sp³-hybridized carbons (Fsp3) is 0.742. The average molecular weight is 556 g/mol. The molecule has 0 aromatic heterocycles. The van der Waals surface area contributed by atoms with Gasteiger partial charge in [-0.15, -0.1) is 6.42 Å². The highest BCUT2D eigenvalue weighted by Gasteiger charge is 2.63. The Hall–Kier alpha value is -2.86. The molecule has 0 unspecified atom stereocenters. The molecule has 4 aliphatic rings. The first-order chi connectivity index (χ1) is 18.9. The van der Waals surface area contributed by atoms with Gasteiger partial charge in [-0.3, -0.25) is 9.59 Å². The minimum Gasteiger partial charge on any atom is -0.480 e. The van der Waals surface area contributed by atoms with Crippen LogP contribution in [-0.4, -0.2) is 58.0 Å². The van der Waals surface area contributed by atoms with Crippen LogP contribution in [0.5, 0.6) is 0 Å². The molecule has 9 heteroatoms. The second-order valence-corrected chi connectivity index (χ2v) is 12.8. The second-order valence-electron chi connectivity index (χ2n) is 12.8. The molecule has 4 aliphatic carbocycles. The van der Waals surface area contributed by atoms with E-state index in [4.69, 9.17) is 11.3 Å². The summed E-state index contributed by atoms with van der Waals surface area (Å²) in [7, 11) is 0. The van der Waals surface area contributed by atoms with Crippen molar-refractivity contribution in [3.8, 4) is 12.3 Å². The highest BCUT2D eigenvalue weighted by molar-refractivity contribution is 5.96. The number of nitrogens with zero attached hydrogens (tertiary/aromatic N) is 1. The third kappa shape index (κ3) is 5.39. The van der Waals surface area contributed by atoms with E-state index in [0.29, 0.717) is 37.0 Å². The molecule has 0 aromatic rings. The number of nitrogens with one attached hydrogen (secondary N) is 2. The molecule has 2 amide bonds. The van der Waals surface area contributed by atoms with E-state index in [1.54, 1.807) is 0 Å². The summed E-state index contributed by atoms with van der Waals surface area (Å²) >= 11 is 0. The predicted octanol–water partition coefficient (Wildman–Crippen LogP) is 3.56. The van der Waals surface area contributed by atoms with Crippen molar-refractivity contribution in [3.63, 3.8) is 0 Å². The molecular formula is C31H45N3O6. The summed E-state index contributed by atoms with van der Waals surface area (Å²) in [5, 5.41) is 29.6. The van der Waals surface area contributed by atoms with Crippen molar-refractivity contribution < 1.29 is 29.4 Å². The van der Waals surface area contributed by atoms with Crippen molar-refractivity contribution in [3.05, 3.63) is 11.6 Å². The second kappa shape index (κ2) is 11.6. The average Bonchev–Trinajstić information content (AvgIpc) is 3.19. The smallest absolute Gasteiger partial charge is 0.326 e. The number of carboxylic acid groups (broad SMARTS) is 1. The van der Waals surface area contributed by atoms with Crippen LogP contribution in [0, 0.1) is 40.9 Å². The molecule has 4 N–H and O–H groups in total. The van der Waals surface area contributed by atoms with Crippen LogP contribution < -0.4 is 10.6 Å². The Morgan fingerprint density at radius 1 is 1.15 bits per heavy atom. The van der Waals surface area contributed by atoms with Gasteiger partial charge in [0.2, 0.25) is 5.91 Å². The van der Waals surface area contributed by atoms with Crippen LogP contribution in [0.25, 0.3) is 0 Å². The number of hydrogen-bond acceptors (Lipinski definition) is 6. The fourth-order valence-corrected chi connectivity index (χ4v) is 8.26. The van der Waals surface area contributed by atoms with Gasteiger partial charge in [0.25, 0.3) is 5.91 Å². The molecule has 8 atom stereocenters. The lowest BCUT2D eigenvalue weighted by Gasteiger charge is -2.58. The van der Waals surface area contributed by atoms with Gasteiger partial charge < -0.3 is 25.7 Å². The zero-order chi connectivity index (χ0) is 29.3. The van der Waals surface area contributed by atoms with E-state index in [1.807, 2.05) is 6.92 Å². The van der Waals surface area contributed by atoms with Gasteiger partial charge in [-0.05, 0) is 94.0 Å². The van der Waals surface area contributed by atoms with E-state index in [1.165, 1.54) is 12.5 Å². The van der Waals surface area contributed by atoms with Crippen LogP contribution in [-0.2, 0) is 19.2 Å². The van der Waals surface area contributed by atoms with Crippen molar-refractivity contribution in [1.29, 1.82) is 0 Å². The molecule has 0 bridgehead atoms. The Balaban J connectivity index is 1.32. The standard InChI is InChI=1S/C31H45N3O6/c1-6-8-25(28(37)38)33-27(36)19(3)32-26(35)18-40-34-21-11-14-29(4)20(17-21)9-10-22-23(29)12-15-30(5)24(22)13-16-31(30,39)7-2/h2,17,19,22-25,39H,6,8-16,18H2,1,3-5H3,(H,32,35)(H,33,36)(H,37,38)/b34-21-/t19-,22+,23-,24-,25+,29-,30-,31+/m0/s1. The van der Waals surface area contributed by atoms with Crippen LogP contribution in [0.4, 0.5) is 0 Å². The maximum Gasteiger partial charge on any atom is 0.326 e. The zero-order valence-electron chi connectivity index (χ0n) is 24.3. The van der Waals surface area contributed by atoms with Crippen molar-refractivity contribution >= 4 is 23.5 Å². The lowest BCUT2D eigenvalue weighted by atomic mass is 9.46. The molecule has 4 rings (SSSR count). The molecule has 0 aromatic carbocycles. The number of allylic oxidation sites excluding steroid dienone is 2. The van der Waals surface area contributed by atoms with E-state index in [9.17, 15) is 24.6 Å². The number of carboxylic acids is 1. The van der Waals surface area contributed by atoms with Gasteiger partial charge >= 0.3 is 5.97 Å². The Bertz CT molecular complexity index is 1130. The minimum absolute atomic E-state index is 0.0892. The molecule has 0 saturated heterocycles. The van der Waals surface area contributed by atoms with Crippen LogP contribution in [0.15, 0.2) is 16.8 Å². The molecule has 220 valence electrons. The fourth-order valence-electron chi connectivity index (χ4n) is 8.26. The minimum atomic E-state index is -1.10. The number of amides is 2. The summed E-state index contributed by atoms with van der Waals surface area (Å²) in [5.41, 5.74) is 1.10. The Morgan fingerprint density at radius 3 is 2.55 bits per heavy atom. The van der Waals surface area contributed by atoms with Gasteiger partial charge in [0, 0.05) is 5.41 Å². The number of carbonyl (C=O) groups is 3. The van der Waals surface area contributed by atoms with E-state index in [2.05, 4.69) is 41.6 Å². The van der Waals surface area contributed by atoms with Crippen molar-refractivity contribution in [1.82, 2.24) is 10.6 Å². The molecule has 3 fully saturated rings. The third-order valence-electron chi connectivity index (χ3n) is 10.7. The van der Waals surface area contributed by atoms with Gasteiger partial charge in [-0.1, -0.05) is 43.8 Å². The summed E-state index contributed by atoms with van der Waals surface area (Å²) in [6.45, 7) is 7.59. The topological polar surface area (TPSA) is 137 Å². The van der Waals surface area contributed by atoms with Crippen molar-refractivity contribution in [2.75, 3.05) is 6.61 Å². The Labute approximate surface area is 237 Å². The highest BCUT2D eigenvalue weighted by Crippen LogP contribution is 2.67. The first-order valence-corrected chi connectivity index (χ1v) is 14.8.